The molecule has 0 aliphatic rings. The molecule has 2 unspecified atom stereocenters. The van der Waals surface area contributed by atoms with Gasteiger partial charge in [-0.05, 0) is 75.6 Å². The molecule has 20 heteroatoms. The van der Waals surface area contributed by atoms with Crippen molar-refractivity contribution in [3.8, 4) is 23.0 Å². The van der Waals surface area contributed by atoms with Gasteiger partial charge in [-0.15, -0.1) is 5.10 Å². The van der Waals surface area contributed by atoms with Crippen LogP contribution in [0.3, 0.4) is 0 Å². The monoisotopic (exact) mass is 1170 g/mol. The van der Waals surface area contributed by atoms with Gasteiger partial charge in [-0.2, -0.15) is 0 Å². The quantitative estimate of drug-likeness (QED) is 0.0305. The van der Waals surface area contributed by atoms with Gasteiger partial charge in [0, 0.05) is 92.6 Å². The third-order valence-corrected chi connectivity index (χ3v) is 14.6. The van der Waals surface area contributed by atoms with E-state index in [0.29, 0.717) is 76.2 Å². The van der Waals surface area contributed by atoms with Crippen LogP contribution in [0.25, 0.3) is 11.5 Å². The van der Waals surface area contributed by atoms with Crippen LogP contribution in [0.5, 0.6) is 11.5 Å². The molecular formula is C61H101N6O12PS. The largest absolute Gasteiger partial charge is 0.494 e. The molecule has 458 valence electrons. The summed E-state index contributed by atoms with van der Waals surface area (Å²) in [5.41, 5.74) is -1.18. The lowest BCUT2D eigenvalue weighted by molar-refractivity contribution is -0.126. The summed E-state index contributed by atoms with van der Waals surface area (Å²) in [6.45, 7) is 27.8. The van der Waals surface area contributed by atoms with E-state index >= 15 is 0 Å². The number of sulfone groups is 1. The molecule has 3 rings (SSSR count). The van der Waals surface area contributed by atoms with Gasteiger partial charge in [0.15, 0.2) is 0 Å². The minimum Gasteiger partial charge on any atom is -0.494 e. The summed E-state index contributed by atoms with van der Waals surface area (Å²) in [6.07, 6.45) is 15.2. The minimum absolute atomic E-state index is 0.0198. The fourth-order valence-electron chi connectivity index (χ4n) is 8.39. The van der Waals surface area contributed by atoms with Crippen LogP contribution in [0.15, 0.2) is 52.1 Å². The van der Waals surface area contributed by atoms with Crippen molar-refractivity contribution in [3.63, 3.8) is 0 Å². The second kappa shape index (κ2) is 34.2. The number of hydrogen-bond donors (Lipinski definition) is 4. The predicted molar refractivity (Wildman–Crippen MR) is 322 cm³/mol. The summed E-state index contributed by atoms with van der Waals surface area (Å²) in [7, 11) is -1.38. The average Bonchev–Trinajstić information content (AvgIpc) is 3.99. The van der Waals surface area contributed by atoms with E-state index in [1.807, 2.05) is 55.4 Å². The lowest BCUT2D eigenvalue weighted by Gasteiger charge is -2.32. The fraction of sp³-hybridized carbons (Fsp3) is 0.705. The van der Waals surface area contributed by atoms with Gasteiger partial charge in [0.2, 0.25) is 27.5 Å². The van der Waals surface area contributed by atoms with Crippen LogP contribution in [0, 0.1) is 27.6 Å². The Labute approximate surface area is 487 Å². The van der Waals surface area contributed by atoms with Gasteiger partial charge in [-0.25, -0.2) is 8.42 Å². The second-order valence-corrected chi connectivity index (χ2v) is 27.9. The molecule has 0 spiro atoms. The number of carbonyl (C=O) groups excluding carboxylic acids is 4. The molecule has 2 atom stereocenters. The Bertz CT molecular complexity index is 2500. The Balaban J connectivity index is 1.51. The average molecular weight is 1170 g/mol. The number of ether oxygens (including phenoxy) is 4. The number of benzene rings is 2. The van der Waals surface area contributed by atoms with Crippen molar-refractivity contribution in [1.29, 1.82) is 0 Å². The Morgan fingerprint density at radius 2 is 1.12 bits per heavy atom. The van der Waals surface area contributed by atoms with Crippen molar-refractivity contribution in [2.75, 3.05) is 72.1 Å². The minimum atomic E-state index is -3.61. The number of aromatic nitrogens is 2. The van der Waals surface area contributed by atoms with E-state index in [0.717, 1.165) is 44.8 Å². The number of nitrogens with one attached hydrogen (secondary N) is 4. The molecule has 0 aliphatic heterocycles. The van der Waals surface area contributed by atoms with Crippen LogP contribution in [0.2, 0.25) is 0 Å². The van der Waals surface area contributed by atoms with Crippen molar-refractivity contribution in [3.05, 3.63) is 53.6 Å². The summed E-state index contributed by atoms with van der Waals surface area (Å²) in [4.78, 5) is 54.0. The number of carbonyl (C=O) groups is 4. The Morgan fingerprint density at radius 1 is 0.593 bits per heavy atom. The van der Waals surface area contributed by atoms with Crippen molar-refractivity contribution in [2.45, 2.75) is 184 Å². The van der Waals surface area contributed by atoms with Gasteiger partial charge in [0.05, 0.1) is 45.2 Å². The molecule has 2 aromatic carbocycles. The SMILES string of the molecule is CCCCCCCCC(CCCCCC)C(=O)NCC(C)(C)COC(C)(C)CNC(=O)c1cc(OCCCC(=O)NCC(C)(C)COCC(C)(C)COc2ccc(-c3nnc(S(C)(=O)=O)o3)cc2)cc(C(=O)NCC(C)(C)COP)c1. The number of nitrogens with zero attached hydrogens (tertiary/aromatic N) is 2. The van der Waals surface area contributed by atoms with Crippen LogP contribution >= 0.6 is 9.47 Å². The van der Waals surface area contributed by atoms with E-state index in [2.05, 4.69) is 68.6 Å². The number of amides is 4. The van der Waals surface area contributed by atoms with Crippen LogP contribution < -0.4 is 30.7 Å². The molecule has 18 nitrogen and oxygen atoms in total. The van der Waals surface area contributed by atoms with Crippen molar-refractivity contribution >= 4 is 42.9 Å². The highest BCUT2D eigenvalue weighted by molar-refractivity contribution is 7.90. The third-order valence-electron chi connectivity index (χ3n) is 13.6. The summed E-state index contributed by atoms with van der Waals surface area (Å²) >= 11 is 0. The van der Waals surface area contributed by atoms with E-state index in [9.17, 15) is 27.6 Å². The molecule has 1 heterocycles. The zero-order chi connectivity index (χ0) is 60.3. The maximum atomic E-state index is 13.8. The number of unbranched alkanes of at least 4 members (excludes halogenated alkanes) is 8. The van der Waals surface area contributed by atoms with Crippen LogP contribution in [0.4, 0.5) is 0 Å². The lowest BCUT2D eigenvalue weighted by Crippen LogP contribution is -2.45. The molecule has 4 N–H and O–H groups in total. The van der Waals surface area contributed by atoms with Crippen molar-refractivity contribution in [2.24, 2.45) is 27.6 Å². The van der Waals surface area contributed by atoms with E-state index in [-0.39, 0.29) is 81.9 Å². The second-order valence-electron chi connectivity index (χ2n) is 25.6. The first-order valence-electron chi connectivity index (χ1n) is 29.2. The van der Waals surface area contributed by atoms with Crippen LogP contribution in [-0.2, 0) is 33.4 Å². The predicted octanol–water partition coefficient (Wildman–Crippen LogP) is 11.1. The van der Waals surface area contributed by atoms with Gasteiger partial charge < -0.3 is 49.2 Å². The normalized spacial score (nSPS) is 12.9. The van der Waals surface area contributed by atoms with Crippen molar-refractivity contribution < 1.29 is 55.5 Å². The maximum absolute atomic E-state index is 13.8. The first kappa shape index (κ1) is 70.6. The molecule has 4 amide bonds. The maximum Gasteiger partial charge on any atom is 0.335 e. The van der Waals surface area contributed by atoms with E-state index in [4.69, 9.17) is 27.9 Å². The molecule has 0 fully saturated rings. The molecule has 3 aromatic rings. The summed E-state index contributed by atoms with van der Waals surface area (Å²) in [5, 5.41) is 19.2. The molecule has 0 saturated carbocycles. The summed E-state index contributed by atoms with van der Waals surface area (Å²) in [5.74, 6) is 0.225. The zero-order valence-corrected chi connectivity index (χ0v) is 53.3. The number of hydrogen-bond acceptors (Lipinski definition) is 14. The van der Waals surface area contributed by atoms with E-state index in [1.54, 1.807) is 36.4 Å². The van der Waals surface area contributed by atoms with Gasteiger partial charge in [0.1, 0.15) is 11.5 Å². The fourth-order valence-corrected chi connectivity index (χ4v) is 9.26. The molecular weight excluding hydrogens is 1070 g/mol. The number of rotatable bonds is 42. The van der Waals surface area contributed by atoms with Crippen molar-refractivity contribution in [1.82, 2.24) is 31.5 Å². The highest BCUT2D eigenvalue weighted by Gasteiger charge is 2.29. The highest BCUT2D eigenvalue weighted by Crippen LogP contribution is 2.27. The van der Waals surface area contributed by atoms with E-state index in [1.165, 1.54) is 44.6 Å². The Kier molecular flexibility index (Phi) is 29.8. The Hall–Kier alpha value is -4.68. The van der Waals surface area contributed by atoms with Gasteiger partial charge >= 0.3 is 5.22 Å². The lowest BCUT2D eigenvalue weighted by atomic mass is 9.91. The molecule has 0 bridgehead atoms. The van der Waals surface area contributed by atoms with Gasteiger partial charge in [0.25, 0.3) is 11.8 Å². The highest BCUT2D eigenvalue weighted by atomic mass is 32.2. The van der Waals surface area contributed by atoms with Crippen LogP contribution in [0.1, 0.15) is 194 Å². The molecule has 1 aromatic heterocycles. The Morgan fingerprint density at radius 3 is 1.72 bits per heavy atom. The smallest absolute Gasteiger partial charge is 0.335 e. The first-order chi connectivity index (χ1) is 38.0. The van der Waals surface area contributed by atoms with Gasteiger partial charge in [-0.3, -0.25) is 19.2 Å². The molecule has 81 heavy (non-hydrogen) atoms. The topological polar surface area (TPSA) is 236 Å². The molecule has 0 saturated heterocycles. The standard InChI is InChI=1S/C61H101N6O12PS/c1-14-16-18-20-21-23-26-45(25-22-19-17-15-2)52(69)63-37-58(5,6)43-77-61(11,12)39-65-54(71)48-33-47(53(70)64-38-59(7,8)44-78-80)34-50(35-48)75-32-24-27-51(68)62-36-57(3,4)40-74-41-60(9,10)42-76-49-30-28-46(29-31-49)55-66-67-56(79-55)81(13,72)73/h28-31,33-35,45H,14-27,32,36-44,80H2,1-13H3,(H,62,68)(H,63,69)(H,64,70)(H,65,71). The summed E-state index contributed by atoms with van der Waals surface area (Å²) < 4.78 is 58.6. The third kappa shape index (κ3) is 28.9. The first-order valence-corrected chi connectivity index (χ1v) is 31.5. The molecule has 0 radical (unpaired) electrons. The van der Waals surface area contributed by atoms with Gasteiger partial charge in [-0.1, -0.05) is 139 Å². The summed E-state index contributed by atoms with van der Waals surface area (Å²) in [6, 6.07) is 11.6. The van der Waals surface area contributed by atoms with E-state index < -0.39 is 26.6 Å². The van der Waals surface area contributed by atoms with Crippen LogP contribution in [-0.4, -0.2) is 120 Å². The molecule has 0 aliphatic carbocycles. The zero-order valence-electron chi connectivity index (χ0n) is 51.4.